The number of hydrogen-bond acceptors (Lipinski definition) is 4. The van der Waals surface area contributed by atoms with Gasteiger partial charge in [-0.15, -0.1) is 0 Å². The second-order valence-electron chi connectivity index (χ2n) is 5.35. The van der Waals surface area contributed by atoms with E-state index >= 15 is 0 Å². The molecule has 0 saturated carbocycles. The Morgan fingerprint density at radius 3 is 3.00 bits per heavy atom. The molecule has 1 saturated heterocycles. The van der Waals surface area contributed by atoms with Crippen LogP contribution >= 0.6 is 11.6 Å². The Hall–Kier alpha value is -1.30. The molecule has 0 aromatic heterocycles. The van der Waals surface area contributed by atoms with E-state index in [0.29, 0.717) is 13.2 Å². The van der Waals surface area contributed by atoms with Crippen molar-refractivity contribution in [1.29, 1.82) is 0 Å². The summed E-state index contributed by atoms with van der Waals surface area (Å²) in [5.74, 6) is -0.0814. The summed E-state index contributed by atoms with van der Waals surface area (Å²) in [4.78, 5) is 14.1. The molecule has 0 bridgehead atoms. The van der Waals surface area contributed by atoms with Gasteiger partial charge in [0.1, 0.15) is 6.61 Å². The number of halogens is 1. The minimum atomic E-state index is -0.0814. The molecule has 6 heteroatoms. The molecule has 1 aliphatic heterocycles. The maximum absolute atomic E-state index is 11.9. The molecule has 0 aliphatic carbocycles. The number of amides is 1. The zero-order valence-corrected chi connectivity index (χ0v) is 13.6. The van der Waals surface area contributed by atoms with Gasteiger partial charge in [0.05, 0.1) is 23.9 Å². The monoisotopic (exact) mass is 326 g/mol. The van der Waals surface area contributed by atoms with E-state index in [1.165, 1.54) is 0 Å². The average molecular weight is 327 g/mol. The lowest BCUT2D eigenvalue weighted by atomic mass is 10.0. The highest BCUT2D eigenvalue weighted by Gasteiger charge is 2.22. The SMILES string of the molecule is COCCOCC(=O)NC1CCCN(c2ccccc2Cl)C1. The molecular formula is C16H23ClN2O3. The lowest BCUT2D eigenvalue weighted by Crippen LogP contribution is -2.48. The standard InChI is InChI=1S/C16H23ClN2O3/c1-21-9-10-22-12-16(20)18-13-5-4-8-19(11-13)15-7-3-2-6-14(15)17/h2-3,6-7,13H,4-5,8-12H2,1H3,(H,18,20). The number of ether oxygens (including phenoxy) is 2. The Morgan fingerprint density at radius 2 is 2.23 bits per heavy atom. The highest BCUT2D eigenvalue weighted by molar-refractivity contribution is 6.33. The van der Waals surface area contributed by atoms with Gasteiger partial charge >= 0.3 is 0 Å². The summed E-state index contributed by atoms with van der Waals surface area (Å²) in [5, 5.41) is 3.77. The molecule has 0 radical (unpaired) electrons. The van der Waals surface area contributed by atoms with Crippen molar-refractivity contribution >= 4 is 23.2 Å². The summed E-state index contributed by atoms with van der Waals surface area (Å²) in [6.07, 6.45) is 2.01. The number of benzene rings is 1. The fourth-order valence-electron chi connectivity index (χ4n) is 2.60. The number of nitrogens with one attached hydrogen (secondary N) is 1. The Labute approximate surface area is 136 Å². The van der Waals surface area contributed by atoms with E-state index in [1.807, 2.05) is 24.3 Å². The first kappa shape index (κ1) is 17.1. The van der Waals surface area contributed by atoms with E-state index < -0.39 is 0 Å². The molecule has 1 amide bonds. The van der Waals surface area contributed by atoms with E-state index in [2.05, 4.69) is 10.2 Å². The summed E-state index contributed by atoms with van der Waals surface area (Å²) in [6, 6.07) is 7.94. The Morgan fingerprint density at radius 1 is 1.41 bits per heavy atom. The number of methoxy groups -OCH3 is 1. The average Bonchev–Trinajstić information content (AvgIpc) is 2.52. The van der Waals surface area contributed by atoms with E-state index in [9.17, 15) is 4.79 Å². The van der Waals surface area contributed by atoms with Crippen LogP contribution in [0, 0.1) is 0 Å². The van der Waals surface area contributed by atoms with Crippen LogP contribution in [0.3, 0.4) is 0 Å². The van der Waals surface area contributed by atoms with E-state index in [-0.39, 0.29) is 18.6 Å². The number of anilines is 1. The molecule has 1 aromatic carbocycles. The van der Waals surface area contributed by atoms with E-state index in [1.54, 1.807) is 7.11 Å². The predicted molar refractivity (Wildman–Crippen MR) is 87.5 cm³/mol. The smallest absolute Gasteiger partial charge is 0.246 e. The van der Waals surface area contributed by atoms with Crippen LogP contribution in [0.1, 0.15) is 12.8 Å². The van der Waals surface area contributed by atoms with Gasteiger partial charge in [0.15, 0.2) is 0 Å². The molecule has 122 valence electrons. The molecule has 1 heterocycles. The van der Waals surface area contributed by atoms with Crippen LogP contribution in [0.5, 0.6) is 0 Å². The third kappa shape index (κ3) is 5.16. The van der Waals surface area contributed by atoms with Crippen LogP contribution in [0.2, 0.25) is 5.02 Å². The largest absolute Gasteiger partial charge is 0.382 e. The zero-order valence-electron chi connectivity index (χ0n) is 12.9. The molecule has 2 rings (SSSR count). The molecule has 1 fully saturated rings. The van der Waals surface area contributed by atoms with Crippen LogP contribution in [0.25, 0.3) is 0 Å². The van der Waals surface area contributed by atoms with Crippen LogP contribution in [-0.2, 0) is 14.3 Å². The first-order chi connectivity index (χ1) is 10.7. The van der Waals surface area contributed by atoms with Crippen LogP contribution in [0.4, 0.5) is 5.69 Å². The van der Waals surface area contributed by atoms with Crippen LogP contribution < -0.4 is 10.2 Å². The van der Waals surface area contributed by atoms with Gasteiger partial charge in [0, 0.05) is 26.2 Å². The molecule has 1 atom stereocenters. The fraction of sp³-hybridized carbons (Fsp3) is 0.562. The van der Waals surface area contributed by atoms with Gasteiger partial charge in [0.2, 0.25) is 5.91 Å². The van der Waals surface area contributed by atoms with Crippen molar-refractivity contribution in [3.63, 3.8) is 0 Å². The van der Waals surface area contributed by atoms with Gasteiger partial charge in [-0.05, 0) is 25.0 Å². The van der Waals surface area contributed by atoms with E-state index in [0.717, 1.165) is 36.6 Å². The van der Waals surface area contributed by atoms with Gasteiger partial charge in [0.25, 0.3) is 0 Å². The highest BCUT2D eigenvalue weighted by atomic mass is 35.5. The van der Waals surface area contributed by atoms with Gasteiger partial charge in [-0.3, -0.25) is 4.79 Å². The lowest BCUT2D eigenvalue weighted by Gasteiger charge is -2.35. The maximum atomic E-state index is 11.9. The number of para-hydroxylation sites is 1. The topological polar surface area (TPSA) is 50.8 Å². The minimum absolute atomic E-state index is 0.0754. The molecular weight excluding hydrogens is 304 g/mol. The van der Waals surface area contributed by atoms with Gasteiger partial charge < -0.3 is 19.7 Å². The van der Waals surface area contributed by atoms with Crippen molar-refractivity contribution in [3.8, 4) is 0 Å². The third-order valence-electron chi connectivity index (χ3n) is 3.64. The first-order valence-electron chi connectivity index (χ1n) is 7.56. The van der Waals surface area contributed by atoms with Crippen molar-refractivity contribution in [2.45, 2.75) is 18.9 Å². The number of carbonyl (C=O) groups excluding carboxylic acids is 1. The number of nitrogens with zero attached hydrogens (tertiary/aromatic N) is 1. The van der Waals surface area contributed by atoms with Gasteiger partial charge in [-0.1, -0.05) is 23.7 Å². The zero-order chi connectivity index (χ0) is 15.8. The van der Waals surface area contributed by atoms with E-state index in [4.69, 9.17) is 21.1 Å². The molecule has 1 aliphatic rings. The summed E-state index contributed by atoms with van der Waals surface area (Å²) in [5.41, 5.74) is 1.03. The number of carbonyl (C=O) groups is 1. The fourth-order valence-corrected chi connectivity index (χ4v) is 2.85. The molecule has 5 nitrogen and oxygen atoms in total. The Bertz CT molecular complexity index is 484. The normalized spacial score (nSPS) is 18.3. The Balaban J connectivity index is 1.81. The quantitative estimate of drug-likeness (QED) is 0.780. The van der Waals surface area contributed by atoms with Crippen molar-refractivity contribution in [3.05, 3.63) is 29.3 Å². The summed E-state index contributed by atoms with van der Waals surface area (Å²) in [7, 11) is 1.61. The minimum Gasteiger partial charge on any atom is -0.382 e. The summed E-state index contributed by atoms with van der Waals surface area (Å²) >= 11 is 6.25. The van der Waals surface area contributed by atoms with Crippen molar-refractivity contribution in [2.75, 3.05) is 44.9 Å². The second kappa shape index (κ2) is 8.98. The molecule has 1 aromatic rings. The third-order valence-corrected chi connectivity index (χ3v) is 3.96. The van der Waals surface area contributed by atoms with Crippen LogP contribution in [-0.4, -0.2) is 52.0 Å². The van der Waals surface area contributed by atoms with Crippen molar-refractivity contribution < 1.29 is 14.3 Å². The lowest BCUT2D eigenvalue weighted by molar-refractivity contribution is -0.126. The van der Waals surface area contributed by atoms with Crippen LogP contribution in [0.15, 0.2) is 24.3 Å². The molecule has 1 unspecified atom stereocenters. The predicted octanol–water partition coefficient (Wildman–Crippen LogP) is 2.09. The summed E-state index contributed by atoms with van der Waals surface area (Å²) in [6.45, 7) is 2.73. The van der Waals surface area contributed by atoms with Crippen molar-refractivity contribution in [1.82, 2.24) is 5.32 Å². The highest BCUT2D eigenvalue weighted by Crippen LogP contribution is 2.27. The number of hydrogen-bond donors (Lipinski definition) is 1. The molecule has 22 heavy (non-hydrogen) atoms. The summed E-state index contributed by atoms with van der Waals surface area (Å²) < 4.78 is 10.1. The number of piperidine rings is 1. The number of rotatable bonds is 7. The second-order valence-corrected chi connectivity index (χ2v) is 5.76. The van der Waals surface area contributed by atoms with Gasteiger partial charge in [-0.2, -0.15) is 0 Å². The molecule has 1 N–H and O–H groups in total. The maximum Gasteiger partial charge on any atom is 0.246 e. The van der Waals surface area contributed by atoms with Gasteiger partial charge in [-0.25, -0.2) is 0 Å². The first-order valence-corrected chi connectivity index (χ1v) is 7.94. The van der Waals surface area contributed by atoms with Crippen molar-refractivity contribution in [2.24, 2.45) is 0 Å². The molecule has 0 spiro atoms. The Kier molecular flexibility index (Phi) is 6.96.